The summed E-state index contributed by atoms with van der Waals surface area (Å²) in [6, 6.07) is 12.5. The summed E-state index contributed by atoms with van der Waals surface area (Å²) in [4.78, 5) is 44.7. The Balaban J connectivity index is 1.85. The first-order valence-electron chi connectivity index (χ1n) is 11.5. The Hall–Kier alpha value is -4.18. The largest absolute Gasteiger partial charge is 0.507 e. The van der Waals surface area contributed by atoms with E-state index in [1.165, 1.54) is 19.1 Å². The van der Waals surface area contributed by atoms with Crippen molar-refractivity contribution in [2.24, 2.45) is 0 Å². The van der Waals surface area contributed by atoms with Crippen molar-refractivity contribution in [1.29, 1.82) is 0 Å². The fourth-order valence-corrected chi connectivity index (χ4v) is 5.00. The molecule has 0 bridgehead atoms. The number of aliphatic hydroxyl groups excluding tert-OH is 1. The van der Waals surface area contributed by atoms with Gasteiger partial charge in [-0.2, -0.15) is 0 Å². The number of amides is 1. The van der Waals surface area contributed by atoms with Crippen LogP contribution in [0, 0.1) is 6.92 Å². The molecule has 1 aromatic heterocycles. The quantitative estimate of drug-likeness (QED) is 0.197. The van der Waals surface area contributed by atoms with Crippen LogP contribution in [0.15, 0.2) is 54.1 Å². The number of benzene rings is 2. The van der Waals surface area contributed by atoms with Crippen molar-refractivity contribution in [2.45, 2.75) is 26.3 Å². The molecular formula is C27H26N2O7S. The summed E-state index contributed by atoms with van der Waals surface area (Å²) < 4.78 is 15.7. The molecule has 0 spiro atoms. The number of aryl methyl sites for hydroxylation is 1. The van der Waals surface area contributed by atoms with Crippen molar-refractivity contribution in [2.75, 3.05) is 25.7 Å². The molecule has 2 aromatic carbocycles. The highest BCUT2D eigenvalue weighted by Crippen LogP contribution is 2.44. The summed E-state index contributed by atoms with van der Waals surface area (Å²) >= 11 is 0.942. The fourth-order valence-electron chi connectivity index (χ4n) is 3.98. The summed E-state index contributed by atoms with van der Waals surface area (Å²) in [5.74, 6) is -1.44. The maximum absolute atomic E-state index is 13.3. The van der Waals surface area contributed by atoms with Crippen LogP contribution < -0.4 is 14.4 Å². The van der Waals surface area contributed by atoms with Crippen LogP contribution in [0.4, 0.5) is 5.13 Å². The average molecular weight is 523 g/mol. The molecule has 1 N–H and O–H groups in total. The van der Waals surface area contributed by atoms with Crippen molar-refractivity contribution in [1.82, 2.24) is 4.98 Å². The molecule has 0 aliphatic carbocycles. The van der Waals surface area contributed by atoms with E-state index in [1.807, 2.05) is 6.92 Å². The zero-order chi connectivity index (χ0) is 26.7. The number of hydrogen-bond donors (Lipinski definition) is 1. The van der Waals surface area contributed by atoms with E-state index in [4.69, 9.17) is 14.2 Å². The van der Waals surface area contributed by atoms with Crippen LogP contribution in [0.5, 0.6) is 11.5 Å². The Kier molecular flexibility index (Phi) is 7.58. The van der Waals surface area contributed by atoms with Gasteiger partial charge in [0, 0.05) is 5.56 Å². The number of ether oxygens (including phenoxy) is 3. The molecule has 10 heteroatoms. The molecule has 1 atom stereocenters. The number of thiazole rings is 1. The predicted octanol–water partition coefficient (Wildman–Crippen LogP) is 4.66. The molecule has 1 aliphatic heterocycles. The second-order valence-corrected chi connectivity index (χ2v) is 9.20. The number of esters is 1. The van der Waals surface area contributed by atoms with Crippen molar-refractivity contribution in [3.05, 3.63) is 75.8 Å². The van der Waals surface area contributed by atoms with Crippen LogP contribution >= 0.6 is 11.3 Å². The first kappa shape index (κ1) is 25.9. The summed E-state index contributed by atoms with van der Waals surface area (Å²) in [6.07, 6.45) is 0.848. The molecule has 1 amide bonds. The number of methoxy groups -OCH3 is 2. The predicted molar refractivity (Wildman–Crippen MR) is 138 cm³/mol. The van der Waals surface area contributed by atoms with E-state index in [-0.39, 0.29) is 21.3 Å². The van der Waals surface area contributed by atoms with Gasteiger partial charge in [-0.1, -0.05) is 30.4 Å². The van der Waals surface area contributed by atoms with Gasteiger partial charge < -0.3 is 19.3 Å². The number of aromatic nitrogens is 1. The highest BCUT2D eigenvalue weighted by atomic mass is 32.1. The zero-order valence-electron chi connectivity index (χ0n) is 20.8. The summed E-state index contributed by atoms with van der Waals surface area (Å²) in [5, 5.41) is 11.4. The number of aliphatic hydroxyl groups is 1. The maximum Gasteiger partial charge on any atom is 0.350 e. The number of rotatable bonds is 8. The molecule has 1 saturated heterocycles. The van der Waals surface area contributed by atoms with Gasteiger partial charge in [0.15, 0.2) is 5.13 Å². The van der Waals surface area contributed by atoms with Crippen LogP contribution in [0.2, 0.25) is 0 Å². The second kappa shape index (κ2) is 10.8. The SMILES string of the molecule is CCCOc1ccc(/C(O)=C2\C(=O)C(=O)N(c3nc(C)c(C(=O)OC)s3)[C@H]2c2ccc(OC)cc2)cc1. The lowest BCUT2D eigenvalue weighted by Gasteiger charge is -2.23. The molecule has 0 saturated carbocycles. The third-order valence-electron chi connectivity index (χ3n) is 5.84. The molecule has 0 unspecified atom stereocenters. The van der Waals surface area contributed by atoms with E-state index >= 15 is 0 Å². The lowest BCUT2D eigenvalue weighted by molar-refractivity contribution is -0.132. The van der Waals surface area contributed by atoms with Crippen molar-refractivity contribution < 1.29 is 33.7 Å². The van der Waals surface area contributed by atoms with Crippen LogP contribution in [-0.4, -0.2) is 48.6 Å². The second-order valence-electron chi connectivity index (χ2n) is 8.22. The topological polar surface area (TPSA) is 115 Å². The summed E-state index contributed by atoms with van der Waals surface area (Å²) in [7, 11) is 2.78. The van der Waals surface area contributed by atoms with Gasteiger partial charge in [0.2, 0.25) is 0 Å². The first-order valence-corrected chi connectivity index (χ1v) is 12.4. The molecule has 4 rings (SSSR count). The van der Waals surface area contributed by atoms with Gasteiger partial charge >= 0.3 is 11.9 Å². The van der Waals surface area contributed by atoms with Crippen LogP contribution in [0.25, 0.3) is 5.76 Å². The minimum Gasteiger partial charge on any atom is -0.507 e. The minimum atomic E-state index is -0.988. The molecule has 192 valence electrons. The Labute approximate surface area is 217 Å². The Morgan fingerprint density at radius 1 is 1.05 bits per heavy atom. The number of ketones is 1. The normalized spacial score (nSPS) is 16.6. The van der Waals surface area contributed by atoms with E-state index < -0.39 is 23.7 Å². The maximum atomic E-state index is 13.3. The highest BCUT2D eigenvalue weighted by molar-refractivity contribution is 7.17. The van der Waals surface area contributed by atoms with Crippen molar-refractivity contribution >= 4 is 39.9 Å². The molecular weight excluding hydrogens is 496 g/mol. The van der Waals surface area contributed by atoms with E-state index in [9.17, 15) is 19.5 Å². The number of hydrogen-bond acceptors (Lipinski definition) is 9. The lowest BCUT2D eigenvalue weighted by atomic mass is 9.95. The minimum absolute atomic E-state index is 0.0927. The number of carbonyl (C=O) groups is 3. The number of Topliss-reactive ketones (excluding diaryl/α,β-unsaturated/α-hetero) is 1. The van der Waals surface area contributed by atoms with E-state index in [1.54, 1.807) is 55.5 Å². The van der Waals surface area contributed by atoms with E-state index in [0.29, 0.717) is 34.9 Å². The monoisotopic (exact) mass is 522 g/mol. The first-order chi connectivity index (χ1) is 17.8. The molecule has 9 nitrogen and oxygen atoms in total. The molecule has 1 aliphatic rings. The Morgan fingerprint density at radius 2 is 1.70 bits per heavy atom. The van der Waals surface area contributed by atoms with Gasteiger partial charge in [0.05, 0.1) is 38.1 Å². The molecule has 2 heterocycles. The Bertz CT molecular complexity index is 1360. The summed E-state index contributed by atoms with van der Waals surface area (Å²) in [6.45, 7) is 4.17. The fraction of sp³-hybridized carbons (Fsp3) is 0.259. The van der Waals surface area contributed by atoms with Crippen LogP contribution in [-0.2, 0) is 14.3 Å². The highest BCUT2D eigenvalue weighted by Gasteiger charge is 2.48. The van der Waals surface area contributed by atoms with Gasteiger partial charge in [-0.3, -0.25) is 14.5 Å². The van der Waals surface area contributed by atoms with E-state index in [2.05, 4.69) is 4.98 Å². The third kappa shape index (κ3) is 4.92. The van der Waals surface area contributed by atoms with Gasteiger partial charge in [-0.25, -0.2) is 9.78 Å². The zero-order valence-corrected chi connectivity index (χ0v) is 21.6. The third-order valence-corrected chi connectivity index (χ3v) is 6.98. The van der Waals surface area contributed by atoms with Gasteiger partial charge in [-0.05, 0) is 55.3 Å². The van der Waals surface area contributed by atoms with Gasteiger partial charge in [0.25, 0.3) is 5.78 Å². The Morgan fingerprint density at radius 3 is 2.30 bits per heavy atom. The number of nitrogens with zero attached hydrogens (tertiary/aromatic N) is 2. The molecule has 37 heavy (non-hydrogen) atoms. The van der Waals surface area contributed by atoms with Crippen molar-refractivity contribution in [3.63, 3.8) is 0 Å². The van der Waals surface area contributed by atoms with Gasteiger partial charge in [-0.15, -0.1) is 0 Å². The standard InChI is InChI=1S/C27H26N2O7S/c1-5-14-36-19-12-8-17(9-13-19)22(30)20-21(16-6-10-18(34-3)11-7-16)29(25(32)23(20)31)27-28-15(2)24(37-27)26(33)35-4/h6-13,21,30H,5,14H2,1-4H3/b22-20+/t21-/m0/s1. The molecule has 1 fully saturated rings. The van der Waals surface area contributed by atoms with E-state index in [0.717, 1.165) is 17.8 Å². The number of carbonyl (C=O) groups excluding carboxylic acids is 3. The van der Waals surface area contributed by atoms with Crippen molar-refractivity contribution in [3.8, 4) is 11.5 Å². The smallest absolute Gasteiger partial charge is 0.350 e. The lowest BCUT2D eigenvalue weighted by Crippen LogP contribution is -2.29. The molecule has 3 aromatic rings. The molecule has 0 radical (unpaired) electrons. The van der Waals surface area contributed by atoms with Crippen LogP contribution in [0.1, 0.15) is 45.9 Å². The average Bonchev–Trinajstić information content (AvgIpc) is 3.43. The number of anilines is 1. The van der Waals surface area contributed by atoms with Gasteiger partial charge in [0.1, 0.15) is 22.1 Å². The summed E-state index contributed by atoms with van der Waals surface area (Å²) in [5.41, 5.74) is 1.18. The van der Waals surface area contributed by atoms with Crippen LogP contribution in [0.3, 0.4) is 0 Å².